The number of nitrogens with one attached hydrogen (secondary N) is 1. The van der Waals surface area contributed by atoms with Gasteiger partial charge in [-0.05, 0) is 41.2 Å². The number of anilines is 1. The third kappa shape index (κ3) is 5.23. The first-order valence-electron chi connectivity index (χ1n) is 9.09. The number of para-hydroxylation sites is 1. The lowest BCUT2D eigenvalue weighted by atomic mass is 9.92. The molecule has 160 valence electrons. The van der Waals surface area contributed by atoms with Crippen LogP contribution in [0.15, 0.2) is 36.4 Å². The van der Waals surface area contributed by atoms with Crippen LogP contribution in [0.5, 0.6) is 0 Å². The zero-order valence-electron chi connectivity index (χ0n) is 16.4. The van der Waals surface area contributed by atoms with Crippen molar-refractivity contribution in [2.24, 2.45) is 0 Å². The molecule has 0 amide bonds. The lowest BCUT2D eigenvalue weighted by Crippen LogP contribution is -2.20. The predicted octanol–water partition coefficient (Wildman–Crippen LogP) is 7.07. The van der Waals surface area contributed by atoms with Crippen LogP contribution in [-0.4, -0.2) is 5.11 Å². The van der Waals surface area contributed by atoms with Gasteiger partial charge in [-0.25, -0.2) is 0 Å². The van der Waals surface area contributed by atoms with Gasteiger partial charge in [-0.2, -0.15) is 26.3 Å². The molecule has 1 atom stereocenters. The molecule has 8 heteroatoms. The molecule has 0 aliphatic carbocycles. The van der Waals surface area contributed by atoms with Gasteiger partial charge in [0.1, 0.15) is 0 Å². The quantitative estimate of drug-likeness (QED) is 0.401. The summed E-state index contributed by atoms with van der Waals surface area (Å²) >= 11 is 0. The first kappa shape index (κ1) is 23.1. The average Bonchev–Trinajstić information content (AvgIpc) is 2.59. The van der Waals surface area contributed by atoms with E-state index in [2.05, 4.69) is 5.32 Å². The van der Waals surface area contributed by atoms with Gasteiger partial charge in [0.2, 0.25) is 0 Å². The Bertz CT molecular complexity index is 829. The monoisotopic (exact) mass is 419 g/mol. The molecule has 29 heavy (non-hydrogen) atoms. The van der Waals surface area contributed by atoms with Crippen LogP contribution < -0.4 is 5.32 Å². The summed E-state index contributed by atoms with van der Waals surface area (Å²) in [6, 6.07) is 6.38. The second-order valence-corrected chi connectivity index (χ2v) is 7.47. The smallest absolute Gasteiger partial charge is 0.369 e. The molecule has 0 heterocycles. The van der Waals surface area contributed by atoms with Crippen molar-refractivity contribution >= 4 is 5.69 Å². The van der Waals surface area contributed by atoms with Crippen LogP contribution in [-0.2, 0) is 12.4 Å². The fraction of sp³-hybridized carbons (Fsp3) is 0.429. The number of hydrogen-bond donors (Lipinski definition) is 2. The summed E-state index contributed by atoms with van der Waals surface area (Å²) in [5.41, 5.74) is -1.54. The van der Waals surface area contributed by atoms with Crippen LogP contribution in [0.1, 0.15) is 73.6 Å². The minimum absolute atomic E-state index is 0.0213. The van der Waals surface area contributed by atoms with Crippen LogP contribution in [0.25, 0.3) is 0 Å². The normalized spacial score (nSPS) is 13.8. The number of aliphatic hydroxyl groups excluding tert-OH is 1. The molecule has 0 saturated heterocycles. The van der Waals surface area contributed by atoms with E-state index in [1.807, 2.05) is 27.7 Å². The third-order valence-electron chi connectivity index (χ3n) is 4.63. The van der Waals surface area contributed by atoms with E-state index in [0.29, 0.717) is 23.9 Å². The molecule has 0 fully saturated rings. The van der Waals surface area contributed by atoms with Gasteiger partial charge in [-0.15, -0.1) is 0 Å². The van der Waals surface area contributed by atoms with Gasteiger partial charge in [0.15, 0.2) is 6.23 Å². The van der Waals surface area contributed by atoms with Gasteiger partial charge in [-0.3, -0.25) is 0 Å². The minimum Gasteiger partial charge on any atom is -0.369 e. The van der Waals surface area contributed by atoms with E-state index in [0.717, 1.165) is 11.1 Å². The molecule has 0 radical (unpaired) electrons. The Labute approximate surface area is 165 Å². The third-order valence-corrected chi connectivity index (χ3v) is 4.63. The second-order valence-electron chi connectivity index (χ2n) is 7.47. The van der Waals surface area contributed by atoms with Crippen molar-refractivity contribution < 1.29 is 31.4 Å². The number of aliphatic hydroxyl groups is 1. The Morgan fingerprint density at radius 1 is 0.759 bits per heavy atom. The summed E-state index contributed by atoms with van der Waals surface area (Å²) in [7, 11) is 0. The highest BCUT2D eigenvalue weighted by Gasteiger charge is 2.38. The second kappa shape index (κ2) is 8.26. The number of hydrogen-bond acceptors (Lipinski definition) is 2. The SMILES string of the molecule is CC(C)c1cccc(C(C)C)c1NC(O)c1cc(C(F)(F)F)ccc1C(F)(F)F. The Kier molecular flexibility index (Phi) is 6.57. The highest BCUT2D eigenvalue weighted by atomic mass is 19.4. The summed E-state index contributed by atoms with van der Waals surface area (Å²) in [4.78, 5) is 0. The number of alkyl halides is 6. The van der Waals surface area contributed by atoms with Crippen molar-refractivity contribution in [3.8, 4) is 0 Å². The van der Waals surface area contributed by atoms with Crippen molar-refractivity contribution in [3.05, 3.63) is 64.2 Å². The summed E-state index contributed by atoms with van der Waals surface area (Å²) in [5.74, 6) is -0.0426. The van der Waals surface area contributed by atoms with Crippen LogP contribution in [0.3, 0.4) is 0 Å². The van der Waals surface area contributed by atoms with Crippen LogP contribution in [0.4, 0.5) is 32.0 Å². The van der Waals surface area contributed by atoms with E-state index in [4.69, 9.17) is 0 Å². The molecule has 2 aromatic rings. The molecular formula is C21H23F6NO. The largest absolute Gasteiger partial charge is 0.416 e. The zero-order valence-corrected chi connectivity index (χ0v) is 16.4. The van der Waals surface area contributed by atoms with Gasteiger partial charge in [0.25, 0.3) is 0 Å². The number of benzene rings is 2. The summed E-state index contributed by atoms with van der Waals surface area (Å²) in [6.45, 7) is 7.51. The lowest BCUT2D eigenvalue weighted by molar-refractivity contribution is -0.142. The molecule has 0 saturated carbocycles. The Balaban J connectivity index is 2.60. The van der Waals surface area contributed by atoms with Crippen LogP contribution in [0.2, 0.25) is 0 Å². The van der Waals surface area contributed by atoms with E-state index in [1.165, 1.54) is 0 Å². The van der Waals surface area contributed by atoms with Crippen molar-refractivity contribution in [1.29, 1.82) is 0 Å². The molecule has 2 aromatic carbocycles. The lowest BCUT2D eigenvalue weighted by Gasteiger charge is -2.26. The van der Waals surface area contributed by atoms with Gasteiger partial charge in [0.05, 0.1) is 11.1 Å². The number of rotatable bonds is 5. The van der Waals surface area contributed by atoms with E-state index in [1.54, 1.807) is 18.2 Å². The Morgan fingerprint density at radius 3 is 1.69 bits per heavy atom. The van der Waals surface area contributed by atoms with Crippen molar-refractivity contribution in [2.75, 3.05) is 5.32 Å². The Morgan fingerprint density at radius 2 is 1.28 bits per heavy atom. The summed E-state index contributed by atoms with van der Waals surface area (Å²) in [5, 5.41) is 13.2. The van der Waals surface area contributed by atoms with Gasteiger partial charge in [0, 0.05) is 11.3 Å². The van der Waals surface area contributed by atoms with E-state index in [-0.39, 0.29) is 11.8 Å². The zero-order chi connectivity index (χ0) is 22.1. The van der Waals surface area contributed by atoms with Crippen LogP contribution in [0, 0.1) is 0 Å². The fourth-order valence-corrected chi connectivity index (χ4v) is 3.16. The fourth-order valence-electron chi connectivity index (χ4n) is 3.16. The predicted molar refractivity (Wildman–Crippen MR) is 99.6 cm³/mol. The van der Waals surface area contributed by atoms with E-state index in [9.17, 15) is 31.4 Å². The standard InChI is InChI=1S/C21H23F6NO/c1-11(2)14-6-5-7-15(12(3)4)18(14)28-19(29)16-10-13(20(22,23)24)8-9-17(16)21(25,26)27/h5-12,19,28-29H,1-4H3. The highest BCUT2D eigenvalue weighted by Crippen LogP contribution is 2.40. The summed E-state index contributed by atoms with van der Waals surface area (Å²) < 4.78 is 79.2. The summed E-state index contributed by atoms with van der Waals surface area (Å²) in [6.07, 6.45) is -11.7. The molecule has 0 aromatic heterocycles. The molecule has 1 unspecified atom stereocenters. The molecule has 2 nitrogen and oxygen atoms in total. The molecule has 0 aliphatic heterocycles. The Hall–Kier alpha value is -2.22. The minimum atomic E-state index is -4.92. The maximum absolute atomic E-state index is 13.4. The molecule has 2 rings (SSSR count). The van der Waals surface area contributed by atoms with Gasteiger partial charge in [-0.1, -0.05) is 45.9 Å². The van der Waals surface area contributed by atoms with Crippen molar-refractivity contribution in [3.63, 3.8) is 0 Å². The maximum atomic E-state index is 13.4. The van der Waals surface area contributed by atoms with E-state index >= 15 is 0 Å². The van der Waals surface area contributed by atoms with E-state index < -0.39 is 35.3 Å². The first-order valence-corrected chi connectivity index (χ1v) is 9.09. The van der Waals surface area contributed by atoms with Crippen LogP contribution >= 0.6 is 0 Å². The molecule has 0 aliphatic rings. The highest BCUT2D eigenvalue weighted by molar-refractivity contribution is 5.61. The van der Waals surface area contributed by atoms with Crippen molar-refractivity contribution in [2.45, 2.75) is 58.1 Å². The topological polar surface area (TPSA) is 32.3 Å². The average molecular weight is 419 g/mol. The molecule has 0 spiro atoms. The molecular weight excluding hydrogens is 396 g/mol. The van der Waals surface area contributed by atoms with Crippen molar-refractivity contribution in [1.82, 2.24) is 0 Å². The van der Waals surface area contributed by atoms with Gasteiger partial charge >= 0.3 is 12.4 Å². The number of halogens is 6. The molecule has 0 bridgehead atoms. The first-order chi connectivity index (χ1) is 13.2. The molecule has 2 N–H and O–H groups in total. The maximum Gasteiger partial charge on any atom is 0.416 e. The van der Waals surface area contributed by atoms with Gasteiger partial charge < -0.3 is 10.4 Å².